The van der Waals surface area contributed by atoms with Crippen LogP contribution in [0.3, 0.4) is 0 Å². The summed E-state index contributed by atoms with van der Waals surface area (Å²) < 4.78 is 6.55. The Labute approximate surface area is 127 Å². The quantitative estimate of drug-likeness (QED) is 0.912. The van der Waals surface area contributed by atoms with Crippen molar-refractivity contribution in [1.29, 1.82) is 0 Å². The average Bonchev–Trinajstić information content (AvgIpc) is 2.41. The Kier molecular flexibility index (Phi) is 4.79. The van der Waals surface area contributed by atoms with Crippen molar-refractivity contribution in [3.63, 3.8) is 0 Å². The van der Waals surface area contributed by atoms with E-state index in [4.69, 9.17) is 4.74 Å². The number of carbonyl (C=O) groups excluding carboxylic acids is 1. The summed E-state index contributed by atoms with van der Waals surface area (Å²) in [5.74, 6) is 0.492. The Balaban J connectivity index is 2.01. The Morgan fingerprint density at radius 2 is 1.95 bits per heavy atom. The highest BCUT2D eigenvalue weighted by molar-refractivity contribution is 9.10. The first-order valence-electron chi connectivity index (χ1n) is 6.35. The molecular weight excluding hydrogens is 318 g/mol. The van der Waals surface area contributed by atoms with Gasteiger partial charge < -0.3 is 10.1 Å². The topological polar surface area (TPSA) is 38.3 Å². The minimum Gasteiger partial charge on any atom is -0.481 e. The van der Waals surface area contributed by atoms with Crippen molar-refractivity contribution in [2.75, 3.05) is 5.32 Å². The van der Waals surface area contributed by atoms with Crippen LogP contribution < -0.4 is 10.1 Å². The van der Waals surface area contributed by atoms with Crippen LogP contribution in [0.15, 0.2) is 53.0 Å². The van der Waals surface area contributed by atoms with Crippen LogP contribution in [0, 0.1) is 6.92 Å². The maximum atomic E-state index is 12.1. The maximum absolute atomic E-state index is 12.1. The third-order valence-corrected chi connectivity index (χ3v) is 3.37. The zero-order valence-electron chi connectivity index (χ0n) is 11.4. The van der Waals surface area contributed by atoms with Crippen LogP contribution in [0.2, 0.25) is 0 Å². The van der Waals surface area contributed by atoms with Crippen molar-refractivity contribution in [2.45, 2.75) is 20.0 Å². The fourth-order valence-corrected chi connectivity index (χ4v) is 2.12. The van der Waals surface area contributed by atoms with Gasteiger partial charge in [-0.15, -0.1) is 0 Å². The summed E-state index contributed by atoms with van der Waals surface area (Å²) in [7, 11) is 0. The highest BCUT2D eigenvalue weighted by Gasteiger charge is 2.15. The van der Waals surface area contributed by atoms with Crippen molar-refractivity contribution in [3.05, 3.63) is 58.6 Å². The normalized spacial score (nSPS) is 11.8. The number of nitrogens with one attached hydrogen (secondary N) is 1. The second kappa shape index (κ2) is 6.57. The molecule has 0 saturated heterocycles. The molecule has 3 nitrogen and oxygen atoms in total. The summed E-state index contributed by atoms with van der Waals surface area (Å²) in [6.07, 6.45) is -0.566. The van der Waals surface area contributed by atoms with E-state index in [1.54, 1.807) is 6.92 Å². The highest BCUT2D eigenvalue weighted by atomic mass is 79.9. The van der Waals surface area contributed by atoms with Gasteiger partial charge in [-0.1, -0.05) is 40.2 Å². The van der Waals surface area contributed by atoms with Gasteiger partial charge in [-0.05, 0) is 43.7 Å². The second-order valence-electron chi connectivity index (χ2n) is 4.52. The average molecular weight is 334 g/mol. The van der Waals surface area contributed by atoms with Gasteiger partial charge in [0.2, 0.25) is 0 Å². The standard InChI is InChI=1S/C16H16BrNO2/c1-11-6-3-4-9-15(11)18-16(19)12(2)20-14-8-5-7-13(17)10-14/h3-10,12H,1-2H3,(H,18,19). The first kappa shape index (κ1) is 14.6. The van der Waals surface area contributed by atoms with Crippen molar-refractivity contribution >= 4 is 27.5 Å². The summed E-state index contributed by atoms with van der Waals surface area (Å²) >= 11 is 3.37. The first-order chi connectivity index (χ1) is 9.56. The van der Waals surface area contributed by atoms with Gasteiger partial charge in [-0.2, -0.15) is 0 Å². The molecular formula is C16H16BrNO2. The molecule has 0 aliphatic carbocycles. The lowest BCUT2D eigenvalue weighted by Crippen LogP contribution is -2.30. The SMILES string of the molecule is Cc1ccccc1NC(=O)C(C)Oc1cccc(Br)c1. The largest absolute Gasteiger partial charge is 0.481 e. The number of ether oxygens (including phenoxy) is 1. The summed E-state index contributed by atoms with van der Waals surface area (Å²) in [4.78, 5) is 12.1. The van der Waals surface area contributed by atoms with Crippen LogP contribution in [-0.4, -0.2) is 12.0 Å². The Morgan fingerprint density at radius 3 is 2.65 bits per heavy atom. The Bertz CT molecular complexity index is 613. The molecule has 1 atom stereocenters. The molecule has 1 amide bonds. The Morgan fingerprint density at radius 1 is 1.20 bits per heavy atom. The number of benzene rings is 2. The molecule has 1 unspecified atom stereocenters. The zero-order chi connectivity index (χ0) is 14.5. The van der Waals surface area contributed by atoms with Crippen LogP contribution in [0.25, 0.3) is 0 Å². The van der Waals surface area contributed by atoms with Crippen LogP contribution >= 0.6 is 15.9 Å². The number of hydrogen-bond acceptors (Lipinski definition) is 2. The molecule has 104 valence electrons. The van der Waals surface area contributed by atoms with Crippen molar-refractivity contribution < 1.29 is 9.53 Å². The van der Waals surface area contributed by atoms with E-state index < -0.39 is 6.10 Å². The van der Waals surface area contributed by atoms with Crippen LogP contribution in [0.4, 0.5) is 5.69 Å². The number of hydrogen-bond donors (Lipinski definition) is 1. The van der Waals surface area contributed by atoms with Crippen molar-refractivity contribution in [2.24, 2.45) is 0 Å². The van der Waals surface area contributed by atoms with Gasteiger partial charge in [0.15, 0.2) is 6.10 Å². The van der Waals surface area contributed by atoms with Crippen molar-refractivity contribution in [1.82, 2.24) is 0 Å². The molecule has 0 fully saturated rings. The Hall–Kier alpha value is -1.81. The molecule has 0 aliphatic heterocycles. The van der Waals surface area contributed by atoms with E-state index in [0.717, 1.165) is 15.7 Å². The number of carbonyl (C=O) groups is 1. The molecule has 2 rings (SSSR count). The maximum Gasteiger partial charge on any atom is 0.265 e. The molecule has 0 heterocycles. The highest BCUT2D eigenvalue weighted by Crippen LogP contribution is 2.19. The molecule has 0 radical (unpaired) electrons. The van der Waals surface area contributed by atoms with E-state index in [9.17, 15) is 4.79 Å². The molecule has 0 aliphatic rings. The van der Waals surface area contributed by atoms with Gasteiger partial charge in [0.05, 0.1) is 0 Å². The molecule has 4 heteroatoms. The zero-order valence-corrected chi connectivity index (χ0v) is 13.0. The number of anilines is 1. The molecule has 20 heavy (non-hydrogen) atoms. The van der Waals surface area contributed by atoms with Crippen molar-refractivity contribution in [3.8, 4) is 5.75 Å². The molecule has 1 N–H and O–H groups in total. The van der Waals surface area contributed by atoms with E-state index in [0.29, 0.717) is 5.75 Å². The fourth-order valence-electron chi connectivity index (χ4n) is 1.75. The number of amides is 1. The van der Waals surface area contributed by atoms with E-state index in [2.05, 4.69) is 21.2 Å². The van der Waals surface area contributed by atoms with Gasteiger partial charge in [0.1, 0.15) is 5.75 Å². The fraction of sp³-hybridized carbons (Fsp3) is 0.188. The smallest absolute Gasteiger partial charge is 0.265 e. The monoisotopic (exact) mass is 333 g/mol. The summed E-state index contributed by atoms with van der Waals surface area (Å²) in [6.45, 7) is 3.68. The first-order valence-corrected chi connectivity index (χ1v) is 7.14. The predicted octanol–water partition coefficient (Wildman–Crippen LogP) is 4.16. The third kappa shape index (κ3) is 3.84. The van der Waals surface area contributed by atoms with Crippen LogP contribution in [0.5, 0.6) is 5.75 Å². The van der Waals surface area contributed by atoms with Crippen LogP contribution in [0.1, 0.15) is 12.5 Å². The van der Waals surface area contributed by atoms with E-state index in [1.807, 2.05) is 55.5 Å². The number of rotatable bonds is 4. The predicted molar refractivity (Wildman–Crippen MR) is 84.0 cm³/mol. The molecule has 0 bridgehead atoms. The second-order valence-corrected chi connectivity index (χ2v) is 5.44. The minimum absolute atomic E-state index is 0.167. The lowest BCUT2D eigenvalue weighted by Gasteiger charge is -2.15. The molecule has 0 aromatic heterocycles. The lowest BCUT2D eigenvalue weighted by molar-refractivity contribution is -0.122. The van der Waals surface area contributed by atoms with E-state index >= 15 is 0 Å². The van der Waals surface area contributed by atoms with Gasteiger partial charge in [0, 0.05) is 10.2 Å². The third-order valence-electron chi connectivity index (χ3n) is 2.88. The summed E-state index contributed by atoms with van der Waals surface area (Å²) in [6, 6.07) is 15.1. The number of para-hydroxylation sites is 1. The molecule has 0 saturated carbocycles. The molecule has 2 aromatic carbocycles. The van der Waals surface area contributed by atoms with Crippen LogP contribution in [-0.2, 0) is 4.79 Å². The number of halogens is 1. The number of aryl methyl sites for hydroxylation is 1. The lowest BCUT2D eigenvalue weighted by atomic mass is 10.2. The molecule has 0 spiro atoms. The van der Waals surface area contributed by atoms with Gasteiger partial charge in [-0.25, -0.2) is 0 Å². The van der Waals surface area contributed by atoms with E-state index in [-0.39, 0.29) is 5.91 Å². The van der Waals surface area contributed by atoms with Gasteiger partial charge >= 0.3 is 0 Å². The minimum atomic E-state index is -0.566. The van der Waals surface area contributed by atoms with E-state index in [1.165, 1.54) is 0 Å². The van der Waals surface area contributed by atoms with Gasteiger partial charge in [-0.3, -0.25) is 4.79 Å². The summed E-state index contributed by atoms with van der Waals surface area (Å²) in [5, 5.41) is 2.87. The summed E-state index contributed by atoms with van der Waals surface area (Å²) in [5.41, 5.74) is 1.83. The molecule has 2 aromatic rings. The van der Waals surface area contributed by atoms with Gasteiger partial charge in [0.25, 0.3) is 5.91 Å².